The summed E-state index contributed by atoms with van der Waals surface area (Å²) in [5.41, 5.74) is 6.89. The topological polar surface area (TPSA) is 102 Å². The van der Waals surface area contributed by atoms with E-state index in [1.54, 1.807) is 13.0 Å². The highest BCUT2D eigenvalue weighted by molar-refractivity contribution is 6.00. The molecule has 0 aromatic heterocycles. The first-order valence-corrected chi connectivity index (χ1v) is 9.17. The van der Waals surface area contributed by atoms with Gasteiger partial charge in [-0.3, -0.25) is 9.59 Å². The molecule has 1 heterocycles. The van der Waals surface area contributed by atoms with Gasteiger partial charge in [0.1, 0.15) is 11.9 Å². The summed E-state index contributed by atoms with van der Waals surface area (Å²) < 4.78 is 6.08. The monoisotopic (exact) mass is 370 g/mol. The number of benzene rings is 1. The third kappa shape index (κ3) is 3.37. The summed E-state index contributed by atoms with van der Waals surface area (Å²) in [6, 6.07) is 9.88. The molecule has 1 aliphatic heterocycles. The predicted molar refractivity (Wildman–Crippen MR) is 101 cm³/mol. The van der Waals surface area contributed by atoms with Gasteiger partial charge in [0.2, 0.25) is 5.91 Å². The van der Waals surface area contributed by atoms with Gasteiger partial charge in [0.15, 0.2) is 0 Å². The Hall–Kier alpha value is -2.60. The summed E-state index contributed by atoms with van der Waals surface area (Å²) in [5.74, 6) is -0.442. The zero-order chi connectivity index (χ0) is 19.8. The van der Waals surface area contributed by atoms with Crippen LogP contribution in [0.2, 0.25) is 0 Å². The summed E-state index contributed by atoms with van der Waals surface area (Å²) in [4.78, 5) is 25.0. The summed E-state index contributed by atoms with van der Waals surface area (Å²) in [5, 5.41) is 12.6. The maximum absolute atomic E-state index is 12.5. The van der Waals surface area contributed by atoms with Crippen molar-refractivity contribution in [1.82, 2.24) is 5.32 Å². The van der Waals surface area contributed by atoms with Gasteiger partial charge >= 0.3 is 0 Å². The number of amides is 2. The number of ether oxygens (including phenoxy) is 1. The van der Waals surface area contributed by atoms with E-state index >= 15 is 0 Å². The minimum Gasteiger partial charge on any atom is -0.489 e. The highest BCUT2D eigenvalue weighted by atomic mass is 16.5. The zero-order valence-electron chi connectivity index (χ0n) is 15.9. The number of carbonyl (C=O) groups is 2. The number of hydrogen-bond acceptors (Lipinski definition) is 4. The molecular weight excluding hydrogens is 344 g/mol. The van der Waals surface area contributed by atoms with Gasteiger partial charge in [-0.15, -0.1) is 0 Å². The molecule has 2 amide bonds. The largest absolute Gasteiger partial charge is 0.489 e. The fraction of sp³-hybridized carbons (Fsp3) is 0.429. The average Bonchev–Trinajstić information content (AvgIpc) is 2.96. The second-order valence-corrected chi connectivity index (χ2v) is 7.45. The van der Waals surface area contributed by atoms with Crippen LogP contribution in [0.1, 0.15) is 38.2 Å². The third-order valence-corrected chi connectivity index (χ3v) is 5.39. The van der Waals surface area contributed by atoms with Gasteiger partial charge < -0.3 is 20.9 Å². The number of aliphatic hydroxyl groups is 1. The standard InChI is InChI=1S/C21H26N2O4/c1-12(24)9-21(20(22)26)10-15-17(14-7-5-4-6-8-14)13(2)27-18(15)16(11-21)19(25)23-3/h4-8,11-13,17,24H,9-10H2,1-3H3,(H2,22,26)(H,23,25). The van der Waals surface area contributed by atoms with Crippen LogP contribution in [-0.2, 0) is 14.3 Å². The summed E-state index contributed by atoms with van der Waals surface area (Å²) in [7, 11) is 1.53. The first kappa shape index (κ1) is 19.2. The van der Waals surface area contributed by atoms with Crippen LogP contribution in [0.25, 0.3) is 0 Å². The minimum atomic E-state index is -1.13. The Balaban J connectivity index is 2.15. The maximum Gasteiger partial charge on any atom is 0.254 e. The van der Waals surface area contributed by atoms with Gasteiger partial charge in [-0.25, -0.2) is 0 Å². The van der Waals surface area contributed by atoms with Crippen molar-refractivity contribution in [3.63, 3.8) is 0 Å². The number of aliphatic hydroxyl groups excluding tert-OH is 1. The number of hydrogen-bond donors (Lipinski definition) is 3. The molecule has 6 nitrogen and oxygen atoms in total. The third-order valence-electron chi connectivity index (χ3n) is 5.39. The number of likely N-dealkylation sites (N-methyl/N-ethyl adjacent to an activating group) is 1. The normalized spacial score (nSPS) is 28.1. The summed E-state index contributed by atoms with van der Waals surface area (Å²) >= 11 is 0. The number of primary amides is 1. The van der Waals surface area contributed by atoms with Crippen molar-refractivity contribution in [2.24, 2.45) is 11.1 Å². The Kier molecular flexibility index (Phi) is 5.11. The van der Waals surface area contributed by atoms with Crippen molar-refractivity contribution in [1.29, 1.82) is 0 Å². The van der Waals surface area contributed by atoms with Crippen LogP contribution in [0.4, 0.5) is 0 Å². The van der Waals surface area contributed by atoms with Crippen molar-refractivity contribution in [3.05, 3.63) is 58.9 Å². The molecule has 0 saturated carbocycles. The van der Waals surface area contributed by atoms with Crippen molar-refractivity contribution in [2.75, 3.05) is 7.05 Å². The van der Waals surface area contributed by atoms with Crippen LogP contribution < -0.4 is 11.1 Å². The van der Waals surface area contributed by atoms with E-state index in [9.17, 15) is 14.7 Å². The van der Waals surface area contributed by atoms with Gasteiger partial charge in [-0.2, -0.15) is 0 Å². The molecule has 1 aromatic carbocycles. The average molecular weight is 370 g/mol. The summed E-state index contributed by atoms with van der Waals surface area (Å²) in [6.45, 7) is 3.57. The lowest BCUT2D eigenvalue weighted by Gasteiger charge is -2.34. The maximum atomic E-state index is 12.5. The molecule has 1 aromatic rings. The van der Waals surface area contributed by atoms with E-state index in [2.05, 4.69) is 5.32 Å². The van der Waals surface area contributed by atoms with E-state index in [-0.39, 0.29) is 24.3 Å². The molecule has 0 radical (unpaired) electrons. The van der Waals surface area contributed by atoms with Crippen LogP contribution in [0.15, 0.2) is 53.3 Å². The number of nitrogens with one attached hydrogen (secondary N) is 1. The van der Waals surface area contributed by atoms with E-state index in [1.165, 1.54) is 7.05 Å². The zero-order valence-corrected chi connectivity index (χ0v) is 15.9. The summed E-state index contributed by atoms with van der Waals surface area (Å²) in [6.07, 6.45) is 1.14. The van der Waals surface area contributed by atoms with Gasteiger partial charge in [-0.1, -0.05) is 36.4 Å². The van der Waals surface area contributed by atoms with E-state index in [0.29, 0.717) is 17.8 Å². The lowest BCUT2D eigenvalue weighted by Crippen LogP contribution is -2.41. The number of nitrogens with two attached hydrogens (primary N) is 1. The predicted octanol–water partition coefficient (Wildman–Crippen LogP) is 1.76. The molecular formula is C21H26N2O4. The molecule has 4 unspecified atom stereocenters. The van der Waals surface area contributed by atoms with E-state index in [0.717, 1.165) is 11.1 Å². The second-order valence-electron chi connectivity index (χ2n) is 7.45. The van der Waals surface area contributed by atoms with Crippen LogP contribution in [-0.4, -0.2) is 36.2 Å². The van der Waals surface area contributed by atoms with Gasteiger partial charge in [-0.05, 0) is 37.8 Å². The van der Waals surface area contributed by atoms with Crippen molar-refractivity contribution in [2.45, 2.75) is 44.8 Å². The van der Waals surface area contributed by atoms with Gasteiger partial charge in [0.25, 0.3) is 5.91 Å². The van der Waals surface area contributed by atoms with Crippen LogP contribution in [0.3, 0.4) is 0 Å². The molecule has 2 aliphatic rings. The molecule has 144 valence electrons. The van der Waals surface area contributed by atoms with Crippen LogP contribution in [0.5, 0.6) is 0 Å². The van der Waals surface area contributed by atoms with Crippen LogP contribution in [0, 0.1) is 5.41 Å². The Morgan fingerprint density at radius 3 is 2.59 bits per heavy atom. The first-order valence-electron chi connectivity index (χ1n) is 9.17. The molecule has 27 heavy (non-hydrogen) atoms. The Morgan fingerprint density at radius 1 is 1.37 bits per heavy atom. The van der Waals surface area contributed by atoms with E-state index < -0.39 is 17.4 Å². The van der Waals surface area contributed by atoms with Crippen molar-refractivity contribution < 1.29 is 19.4 Å². The van der Waals surface area contributed by atoms with Crippen molar-refractivity contribution in [3.8, 4) is 0 Å². The molecule has 3 rings (SSSR count). The Bertz CT molecular complexity index is 813. The highest BCUT2D eigenvalue weighted by Crippen LogP contribution is 2.51. The molecule has 1 aliphatic carbocycles. The minimum absolute atomic E-state index is 0.0812. The van der Waals surface area contributed by atoms with E-state index in [1.807, 2.05) is 37.3 Å². The number of rotatable bonds is 5. The lowest BCUT2D eigenvalue weighted by molar-refractivity contribution is -0.126. The molecule has 4 atom stereocenters. The first-order chi connectivity index (χ1) is 12.8. The molecule has 6 heteroatoms. The Labute approximate surface area is 159 Å². The van der Waals surface area contributed by atoms with Gasteiger partial charge in [0, 0.05) is 13.0 Å². The van der Waals surface area contributed by atoms with Gasteiger partial charge in [0.05, 0.1) is 17.1 Å². The quantitative estimate of drug-likeness (QED) is 0.735. The SMILES string of the molecule is CNC(=O)C1=CC(CC(C)O)(C(N)=O)CC2=C1OC(C)C2c1ccccc1. The number of carbonyl (C=O) groups excluding carboxylic acids is 2. The van der Waals surface area contributed by atoms with E-state index in [4.69, 9.17) is 10.5 Å². The smallest absolute Gasteiger partial charge is 0.254 e. The lowest BCUT2D eigenvalue weighted by atomic mass is 9.68. The molecule has 0 spiro atoms. The second kappa shape index (κ2) is 7.19. The fourth-order valence-corrected chi connectivity index (χ4v) is 4.27. The molecule has 0 bridgehead atoms. The Morgan fingerprint density at radius 2 is 2.04 bits per heavy atom. The van der Waals surface area contributed by atoms with Crippen LogP contribution >= 0.6 is 0 Å². The van der Waals surface area contributed by atoms with Crippen molar-refractivity contribution >= 4 is 11.8 Å². The molecule has 0 fully saturated rings. The molecule has 0 saturated heterocycles. The molecule has 4 N–H and O–H groups in total. The highest BCUT2D eigenvalue weighted by Gasteiger charge is 2.48. The fourth-order valence-electron chi connectivity index (χ4n) is 4.27.